The predicted octanol–water partition coefficient (Wildman–Crippen LogP) is 4.57. The quantitative estimate of drug-likeness (QED) is 0.830. The highest BCUT2D eigenvalue weighted by molar-refractivity contribution is 5.88. The molecule has 4 nitrogen and oxygen atoms in total. The molecule has 0 amide bonds. The van der Waals surface area contributed by atoms with Gasteiger partial charge in [-0.25, -0.2) is 4.79 Å². The van der Waals surface area contributed by atoms with Crippen LogP contribution in [-0.2, 0) is 0 Å². The molecular formula is C22H23NO3. The van der Waals surface area contributed by atoms with Crippen molar-refractivity contribution in [1.29, 1.82) is 0 Å². The minimum atomic E-state index is -0.930. The van der Waals surface area contributed by atoms with Crippen LogP contribution in [0.25, 0.3) is 5.57 Å². The molecule has 0 bridgehead atoms. The maximum atomic E-state index is 12.5. The lowest BCUT2D eigenvalue weighted by molar-refractivity contribution is 0.0697. The third kappa shape index (κ3) is 3.50. The van der Waals surface area contributed by atoms with Crippen LogP contribution in [0.15, 0.2) is 47.3 Å². The molecule has 1 heterocycles. The molecule has 2 aromatic rings. The van der Waals surface area contributed by atoms with Gasteiger partial charge in [-0.1, -0.05) is 37.1 Å². The fourth-order valence-electron chi connectivity index (χ4n) is 3.85. The Morgan fingerprint density at radius 3 is 2.19 bits per heavy atom. The maximum Gasteiger partial charge on any atom is 0.335 e. The van der Waals surface area contributed by atoms with E-state index in [4.69, 9.17) is 5.11 Å². The molecule has 2 aliphatic rings. The fraction of sp³-hybridized carbons (Fsp3) is 0.364. The van der Waals surface area contributed by atoms with E-state index in [1.165, 1.54) is 25.7 Å². The molecule has 0 radical (unpaired) electrons. The van der Waals surface area contributed by atoms with Gasteiger partial charge in [-0.3, -0.25) is 4.79 Å². The summed E-state index contributed by atoms with van der Waals surface area (Å²) in [5.41, 5.74) is 3.91. The lowest BCUT2D eigenvalue weighted by atomic mass is 9.95. The molecule has 0 spiro atoms. The van der Waals surface area contributed by atoms with E-state index in [0.29, 0.717) is 11.8 Å². The molecule has 2 N–H and O–H groups in total. The number of aromatic nitrogens is 1. The summed E-state index contributed by atoms with van der Waals surface area (Å²) in [5, 5.41) is 9.12. The van der Waals surface area contributed by atoms with Gasteiger partial charge < -0.3 is 10.1 Å². The van der Waals surface area contributed by atoms with Crippen molar-refractivity contribution in [2.24, 2.45) is 5.92 Å². The van der Waals surface area contributed by atoms with Crippen molar-refractivity contribution in [3.05, 3.63) is 75.2 Å². The molecule has 2 fully saturated rings. The monoisotopic (exact) mass is 349 g/mol. The highest BCUT2D eigenvalue weighted by atomic mass is 16.4. The molecule has 26 heavy (non-hydrogen) atoms. The van der Waals surface area contributed by atoms with E-state index in [-0.39, 0.29) is 11.1 Å². The number of H-pyrrole nitrogens is 1. The van der Waals surface area contributed by atoms with Gasteiger partial charge in [0, 0.05) is 16.8 Å². The zero-order valence-corrected chi connectivity index (χ0v) is 14.7. The van der Waals surface area contributed by atoms with Gasteiger partial charge in [-0.15, -0.1) is 0 Å². The zero-order chi connectivity index (χ0) is 18.1. The van der Waals surface area contributed by atoms with Crippen molar-refractivity contribution in [3.8, 4) is 0 Å². The first kappa shape index (κ1) is 16.8. The third-order valence-corrected chi connectivity index (χ3v) is 5.49. The van der Waals surface area contributed by atoms with E-state index in [1.807, 2.05) is 24.3 Å². The molecule has 0 atom stereocenters. The number of allylic oxidation sites excluding steroid dienone is 1. The highest BCUT2D eigenvalue weighted by Crippen LogP contribution is 2.38. The summed E-state index contributed by atoms with van der Waals surface area (Å²) in [7, 11) is 0. The van der Waals surface area contributed by atoms with Gasteiger partial charge in [0.25, 0.3) is 5.56 Å². The number of hydrogen-bond donors (Lipinski definition) is 2. The van der Waals surface area contributed by atoms with E-state index < -0.39 is 5.97 Å². The molecule has 4 rings (SSSR count). The average molecular weight is 349 g/mol. The van der Waals surface area contributed by atoms with Crippen LogP contribution >= 0.6 is 0 Å². The summed E-state index contributed by atoms with van der Waals surface area (Å²) in [6, 6.07) is 10.9. The van der Waals surface area contributed by atoms with Gasteiger partial charge in [0.15, 0.2) is 0 Å². The number of aromatic amines is 1. The summed E-state index contributed by atoms with van der Waals surface area (Å²) in [5.74, 6) is 0.000684. The van der Waals surface area contributed by atoms with Crippen molar-refractivity contribution in [3.63, 3.8) is 0 Å². The molecule has 0 aliphatic heterocycles. The summed E-state index contributed by atoms with van der Waals surface area (Å²) < 4.78 is 0. The van der Waals surface area contributed by atoms with E-state index in [9.17, 15) is 9.59 Å². The van der Waals surface area contributed by atoms with Gasteiger partial charge >= 0.3 is 5.97 Å². The Labute approximate surface area is 152 Å². The summed E-state index contributed by atoms with van der Waals surface area (Å²) >= 11 is 0. The average Bonchev–Trinajstić information content (AvgIpc) is 3.35. The second kappa shape index (κ2) is 6.94. The number of hydrogen-bond acceptors (Lipinski definition) is 2. The summed E-state index contributed by atoms with van der Waals surface area (Å²) in [4.78, 5) is 26.7. The molecule has 2 aliphatic carbocycles. The van der Waals surface area contributed by atoms with E-state index in [2.05, 4.69) is 11.1 Å². The van der Waals surface area contributed by atoms with Gasteiger partial charge in [0.05, 0.1) is 5.56 Å². The maximum absolute atomic E-state index is 12.5. The molecule has 1 aromatic heterocycles. The molecule has 4 heteroatoms. The van der Waals surface area contributed by atoms with E-state index in [0.717, 1.165) is 35.2 Å². The third-order valence-electron chi connectivity index (χ3n) is 5.49. The Balaban J connectivity index is 1.74. The summed E-state index contributed by atoms with van der Waals surface area (Å²) in [6.07, 6.45) is 9.27. The van der Waals surface area contributed by atoms with Crippen molar-refractivity contribution < 1.29 is 9.90 Å². The lowest BCUT2D eigenvalue weighted by Gasteiger charge is -2.13. The highest BCUT2D eigenvalue weighted by Gasteiger charge is 2.26. The largest absolute Gasteiger partial charge is 0.478 e. The molecular weight excluding hydrogens is 326 g/mol. The zero-order valence-electron chi connectivity index (χ0n) is 14.7. The van der Waals surface area contributed by atoms with Crippen LogP contribution in [0.1, 0.15) is 71.6 Å². The van der Waals surface area contributed by atoms with Crippen LogP contribution in [0.2, 0.25) is 0 Å². The number of nitrogens with one attached hydrogen (secondary N) is 1. The standard InChI is InChI=1S/C22H23NO3/c24-21-18(15-5-6-15)11-12-20(23-21)19(13-14-3-1-2-4-14)16-7-9-17(10-8-16)22(25)26/h7-15H,1-6H2,(H,23,24)(H,25,26)/b19-13+. The van der Waals surface area contributed by atoms with Crippen LogP contribution < -0.4 is 5.56 Å². The number of carbonyl (C=O) groups is 1. The number of pyridine rings is 1. The number of benzene rings is 1. The molecule has 134 valence electrons. The molecule has 0 saturated heterocycles. The van der Waals surface area contributed by atoms with E-state index in [1.54, 1.807) is 12.1 Å². The lowest BCUT2D eigenvalue weighted by Crippen LogP contribution is -2.13. The number of rotatable bonds is 5. The first-order valence-corrected chi connectivity index (χ1v) is 9.41. The Morgan fingerprint density at radius 1 is 0.962 bits per heavy atom. The normalized spacial score (nSPS) is 18.2. The van der Waals surface area contributed by atoms with Gasteiger partial charge in [0.2, 0.25) is 0 Å². The van der Waals surface area contributed by atoms with Crippen molar-refractivity contribution >= 4 is 11.5 Å². The molecule has 1 aromatic carbocycles. The van der Waals surface area contributed by atoms with Crippen LogP contribution in [0, 0.1) is 5.92 Å². The van der Waals surface area contributed by atoms with Crippen LogP contribution in [0.4, 0.5) is 0 Å². The number of carboxylic acids is 1. The second-order valence-corrected chi connectivity index (χ2v) is 7.44. The fourth-order valence-corrected chi connectivity index (χ4v) is 3.85. The minimum absolute atomic E-state index is 0.00415. The topological polar surface area (TPSA) is 70.2 Å². The van der Waals surface area contributed by atoms with Crippen LogP contribution in [0.3, 0.4) is 0 Å². The van der Waals surface area contributed by atoms with Crippen molar-refractivity contribution in [2.45, 2.75) is 44.4 Å². The number of aromatic carboxylic acids is 1. The minimum Gasteiger partial charge on any atom is -0.478 e. The second-order valence-electron chi connectivity index (χ2n) is 7.44. The smallest absolute Gasteiger partial charge is 0.335 e. The Morgan fingerprint density at radius 2 is 1.62 bits per heavy atom. The Kier molecular flexibility index (Phi) is 4.49. The van der Waals surface area contributed by atoms with Crippen molar-refractivity contribution in [2.75, 3.05) is 0 Å². The molecule has 0 unspecified atom stereocenters. The van der Waals surface area contributed by atoms with E-state index >= 15 is 0 Å². The first-order valence-electron chi connectivity index (χ1n) is 9.41. The molecule has 2 saturated carbocycles. The SMILES string of the molecule is O=C(O)c1ccc(/C(=C\C2CCCC2)c2ccc(C3CC3)c(=O)[nH]2)cc1. The van der Waals surface area contributed by atoms with Crippen LogP contribution in [-0.4, -0.2) is 16.1 Å². The van der Waals surface area contributed by atoms with Gasteiger partial charge in [0.1, 0.15) is 0 Å². The van der Waals surface area contributed by atoms with Crippen molar-refractivity contribution in [1.82, 2.24) is 4.98 Å². The van der Waals surface area contributed by atoms with Gasteiger partial charge in [-0.05, 0) is 61.3 Å². The number of carboxylic acid groups (broad SMARTS) is 1. The first-order chi connectivity index (χ1) is 12.6. The van der Waals surface area contributed by atoms with Crippen LogP contribution in [0.5, 0.6) is 0 Å². The Bertz CT molecular complexity index is 898. The van der Waals surface area contributed by atoms with Gasteiger partial charge in [-0.2, -0.15) is 0 Å². The Hall–Kier alpha value is -2.62. The predicted molar refractivity (Wildman–Crippen MR) is 101 cm³/mol. The summed E-state index contributed by atoms with van der Waals surface area (Å²) in [6.45, 7) is 0.